The van der Waals surface area contributed by atoms with Crippen LogP contribution in [0.15, 0.2) is 64.2 Å². The van der Waals surface area contributed by atoms with Crippen molar-refractivity contribution in [3.8, 4) is 23.0 Å². The number of ether oxygens (including phenoxy) is 4. The molecule has 0 saturated heterocycles. The van der Waals surface area contributed by atoms with E-state index in [2.05, 4.69) is 37.1 Å². The number of halogens is 2. The molecule has 0 heterocycles. The summed E-state index contributed by atoms with van der Waals surface area (Å²) in [4.78, 5) is 36.7. The van der Waals surface area contributed by atoms with Gasteiger partial charge in [-0.25, -0.2) is 5.43 Å². The molecule has 0 bridgehead atoms. The molecular weight excluding hydrogens is 632 g/mol. The molecule has 3 aromatic carbocycles. The first kappa shape index (κ1) is 32.2. The summed E-state index contributed by atoms with van der Waals surface area (Å²) < 4.78 is 22.4. The summed E-state index contributed by atoms with van der Waals surface area (Å²) in [5.41, 5.74) is 4.18. The molecule has 0 aliphatic heterocycles. The number of hydrogen-bond acceptors (Lipinski definition) is 8. The zero-order chi connectivity index (χ0) is 30.5. The Morgan fingerprint density at radius 1 is 0.952 bits per heavy atom. The van der Waals surface area contributed by atoms with Gasteiger partial charge in [-0.2, -0.15) is 5.10 Å². The molecule has 11 nitrogen and oxygen atoms in total. The summed E-state index contributed by atoms with van der Waals surface area (Å²) in [5, 5.41) is 9.61. The lowest BCUT2D eigenvalue weighted by atomic mass is 10.1. The molecule has 0 fully saturated rings. The molecule has 0 radical (unpaired) electrons. The SMILES string of the molecule is CCOc1cc(/C=N\NC(=O)C(=O)NCCc2ccc(OC)c(OC)c2)cc(Br)c1OCC(=O)Nc1cccc(Cl)c1. The summed E-state index contributed by atoms with van der Waals surface area (Å²) >= 11 is 9.37. The Labute approximate surface area is 256 Å². The summed E-state index contributed by atoms with van der Waals surface area (Å²) in [6.45, 7) is 2.08. The standard InChI is InChI=1S/C29H30BrClN4O7/c1-4-41-25-14-19(12-22(30)27(25)42-17-26(36)34-21-7-5-6-20(31)15-21)16-33-35-29(38)28(37)32-11-10-18-8-9-23(39-2)24(13-18)40-3/h5-9,12-16H,4,10-11,17H2,1-3H3,(H,32,37)(H,34,36)(H,35,38)/b33-16-. The number of nitrogens with one attached hydrogen (secondary N) is 3. The molecule has 3 rings (SSSR count). The van der Waals surface area contributed by atoms with Crippen LogP contribution in [0.25, 0.3) is 0 Å². The highest BCUT2D eigenvalue weighted by molar-refractivity contribution is 9.10. The lowest BCUT2D eigenvalue weighted by molar-refractivity contribution is -0.139. The molecule has 42 heavy (non-hydrogen) atoms. The van der Waals surface area contributed by atoms with Gasteiger partial charge in [-0.05, 0) is 82.9 Å². The highest BCUT2D eigenvalue weighted by Crippen LogP contribution is 2.36. The van der Waals surface area contributed by atoms with Crippen LogP contribution >= 0.6 is 27.5 Å². The Morgan fingerprint density at radius 3 is 2.45 bits per heavy atom. The summed E-state index contributed by atoms with van der Waals surface area (Å²) in [6.07, 6.45) is 1.82. The Balaban J connectivity index is 1.53. The van der Waals surface area contributed by atoms with E-state index in [1.807, 2.05) is 6.07 Å². The van der Waals surface area contributed by atoms with Crippen LogP contribution in [-0.2, 0) is 20.8 Å². The Hall–Kier alpha value is -4.29. The number of anilines is 1. The first-order chi connectivity index (χ1) is 20.2. The number of carbonyl (C=O) groups excluding carboxylic acids is 3. The smallest absolute Gasteiger partial charge is 0.329 e. The van der Waals surface area contributed by atoms with Gasteiger partial charge in [0.2, 0.25) is 0 Å². The fourth-order valence-corrected chi connectivity index (χ4v) is 4.38. The fraction of sp³-hybridized carbons (Fsp3) is 0.241. The molecule has 13 heteroatoms. The van der Waals surface area contributed by atoms with Crippen LogP contribution in [0.4, 0.5) is 5.69 Å². The quantitative estimate of drug-likeness (QED) is 0.141. The van der Waals surface area contributed by atoms with Crippen LogP contribution in [0.5, 0.6) is 23.0 Å². The lowest BCUT2D eigenvalue weighted by Crippen LogP contribution is -2.38. The van der Waals surface area contributed by atoms with Crippen LogP contribution in [0.2, 0.25) is 5.02 Å². The van der Waals surface area contributed by atoms with Gasteiger partial charge < -0.3 is 29.6 Å². The zero-order valence-electron chi connectivity index (χ0n) is 23.2. The molecule has 0 atom stereocenters. The van der Waals surface area contributed by atoms with Crippen molar-refractivity contribution >= 4 is 57.2 Å². The van der Waals surface area contributed by atoms with Crippen LogP contribution in [0.3, 0.4) is 0 Å². The summed E-state index contributed by atoms with van der Waals surface area (Å²) in [7, 11) is 3.09. The summed E-state index contributed by atoms with van der Waals surface area (Å²) in [6, 6.07) is 15.5. The van der Waals surface area contributed by atoms with Gasteiger partial charge in [0.15, 0.2) is 29.6 Å². The van der Waals surface area contributed by atoms with Crippen molar-refractivity contribution in [3.05, 3.63) is 75.2 Å². The number of nitrogens with zero attached hydrogens (tertiary/aromatic N) is 1. The maximum absolute atomic E-state index is 12.4. The summed E-state index contributed by atoms with van der Waals surface area (Å²) in [5.74, 6) is -0.302. The number of carbonyl (C=O) groups is 3. The maximum Gasteiger partial charge on any atom is 0.329 e. The van der Waals surface area contributed by atoms with Crippen LogP contribution in [-0.4, -0.2) is 57.9 Å². The first-order valence-electron chi connectivity index (χ1n) is 12.7. The van der Waals surface area contributed by atoms with E-state index in [-0.39, 0.29) is 19.1 Å². The number of hydrazone groups is 1. The van der Waals surface area contributed by atoms with Gasteiger partial charge in [-0.3, -0.25) is 14.4 Å². The molecule has 3 aromatic rings. The zero-order valence-corrected chi connectivity index (χ0v) is 25.5. The van der Waals surface area contributed by atoms with Crippen molar-refractivity contribution < 1.29 is 33.3 Å². The molecule has 3 amide bonds. The third kappa shape index (κ3) is 9.67. The highest BCUT2D eigenvalue weighted by atomic mass is 79.9. The number of hydrogen-bond donors (Lipinski definition) is 3. The first-order valence-corrected chi connectivity index (χ1v) is 13.9. The van der Waals surface area contributed by atoms with E-state index in [1.54, 1.807) is 62.6 Å². The highest BCUT2D eigenvalue weighted by Gasteiger charge is 2.15. The van der Waals surface area contributed by atoms with Crippen molar-refractivity contribution in [3.63, 3.8) is 0 Å². The van der Waals surface area contributed by atoms with Gasteiger partial charge in [0.1, 0.15) is 0 Å². The number of benzene rings is 3. The van der Waals surface area contributed by atoms with Crippen molar-refractivity contribution in [2.45, 2.75) is 13.3 Å². The van der Waals surface area contributed by atoms with Crippen molar-refractivity contribution in [1.29, 1.82) is 0 Å². The topological polar surface area (TPSA) is 137 Å². The molecule has 222 valence electrons. The van der Waals surface area contributed by atoms with Crippen molar-refractivity contribution in [2.75, 3.05) is 39.3 Å². The van der Waals surface area contributed by atoms with Gasteiger partial charge in [-0.15, -0.1) is 0 Å². The Bertz CT molecular complexity index is 1450. The molecule has 0 spiro atoms. The largest absolute Gasteiger partial charge is 0.493 e. The average Bonchev–Trinajstić information content (AvgIpc) is 2.96. The molecule has 0 unspecified atom stereocenters. The minimum atomic E-state index is -0.923. The van der Waals surface area contributed by atoms with Gasteiger partial charge >= 0.3 is 11.8 Å². The van der Waals surface area contributed by atoms with E-state index >= 15 is 0 Å². The third-order valence-electron chi connectivity index (χ3n) is 5.52. The Morgan fingerprint density at radius 2 is 1.74 bits per heavy atom. The molecule has 0 aliphatic rings. The molecule has 0 aromatic heterocycles. The average molecular weight is 662 g/mol. The monoisotopic (exact) mass is 660 g/mol. The maximum atomic E-state index is 12.4. The van der Waals surface area contributed by atoms with Gasteiger partial charge in [0, 0.05) is 17.3 Å². The number of amides is 3. The second kappa shape index (κ2) is 16.2. The fourth-order valence-electron chi connectivity index (χ4n) is 3.62. The van der Waals surface area contributed by atoms with E-state index in [9.17, 15) is 14.4 Å². The minimum Gasteiger partial charge on any atom is -0.493 e. The van der Waals surface area contributed by atoms with E-state index in [4.69, 9.17) is 30.5 Å². The van der Waals surface area contributed by atoms with E-state index in [1.165, 1.54) is 13.3 Å². The molecule has 3 N–H and O–H groups in total. The minimum absolute atomic E-state index is 0.231. The van der Waals surface area contributed by atoms with Crippen molar-refractivity contribution in [2.24, 2.45) is 5.10 Å². The van der Waals surface area contributed by atoms with E-state index in [0.717, 1.165) is 5.56 Å². The van der Waals surface area contributed by atoms with Crippen molar-refractivity contribution in [1.82, 2.24) is 10.7 Å². The third-order valence-corrected chi connectivity index (χ3v) is 6.34. The molecule has 0 aliphatic carbocycles. The lowest BCUT2D eigenvalue weighted by Gasteiger charge is -2.14. The number of rotatable bonds is 13. The normalized spacial score (nSPS) is 10.6. The van der Waals surface area contributed by atoms with Crippen LogP contribution in [0, 0.1) is 0 Å². The Kier molecular flexibility index (Phi) is 12.5. The van der Waals surface area contributed by atoms with Gasteiger partial charge in [0.25, 0.3) is 5.91 Å². The van der Waals surface area contributed by atoms with Gasteiger partial charge in [-0.1, -0.05) is 23.7 Å². The predicted molar refractivity (Wildman–Crippen MR) is 163 cm³/mol. The van der Waals surface area contributed by atoms with E-state index in [0.29, 0.717) is 56.8 Å². The molecular formula is C29H30BrClN4O7. The van der Waals surface area contributed by atoms with E-state index < -0.39 is 11.8 Å². The second-order valence-corrected chi connectivity index (χ2v) is 9.80. The molecule has 0 saturated carbocycles. The van der Waals surface area contributed by atoms with Crippen LogP contribution < -0.4 is 35.0 Å². The number of methoxy groups -OCH3 is 2. The predicted octanol–water partition coefficient (Wildman–Crippen LogP) is 4.34. The van der Waals surface area contributed by atoms with Crippen LogP contribution in [0.1, 0.15) is 18.1 Å². The second-order valence-electron chi connectivity index (χ2n) is 8.50. The van der Waals surface area contributed by atoms with Gasteiger partial charge in [0.05, 0.1) is 31.5 Å².